The van der Waals surface area contributed by atoms with E-state index in [0.717, 1.165) is 35.2 Å². The first-order valence-electron chi connectivity index (χ1n) is 6.18. The van der Waals surface area contributed by atoms with Gasteiger partial charge in [0.15, 0.2) is 0 Å². The van der Waals surface area contributed by atoms with Crippen LogP contribution >= 0.6 is 15.9 Å². The third kappa shape index (κ3) is 3.22. The Morgan fingerprint density at radius 3 is 2.94 bits per heavy atom. The quantitative estimate of drug-likeness (QED) is 0.841. The molecule has 2 rings (SSSR count). The van der Waals surface area contributed by atoms with Crippen LogP contribution in [0.1, 0.15) is 31.4 Å². The van der Waals surface area contributed by atoms with Gasteiger partial charge in [-0.15, -0.1) is 0 Å². The van der Waals surface area contributed by atoms with Gasteiger partial charge in [-0.2, -0.15) is 0 Å². The summed E-state index contributed by atoms with van der Waals surface area (Å²) in [5, 5.41) is 12.5. The fourth-order valence-corrected chi connectivity index (χ4v) is 2.85. The van der Waals surface area contributed by atoms with Crippen molar-refractivity contribution in [2.75, 3.05) is 5.32 Å². The number of aliphatic carboxylic acids is 1. The molecule has 1 aliphatic carbocycles. The van der Waals surface area contributed by atoms with Crippen LogP contribution in [0.25, 0.3) is 0 Å². The minimum absolute atomic E-state index is 0.208. The summed E-state index contributed by atoms with van der Waals surface area (Å²) in [7, 11) is 0. The summed E-state index contributed by atoms with van der Waals surface area (Å²) in [6, 6.07) is 4.12. The number of nitrogens with one attached hydrogen (secondary N) is 1. The van der Waals surface area contributed by atoms with Crippen molar-refractivity contribution in [2.45, 2.75) is 38.6 Å². The predicted octanol–water partition coefficient (Wildman–Crippen LogP) is 3.21. The van der Waals surface area contributed by atoms with Crippen LogP contribution in [0.3, 0.4) is 0 Å². The van der Waals surface area contributed by atoms with Crippen LogP contribution in [0.2, 0.25) is 0 Å². The van der Waals surface area contributed by atoms with Gasteiger partial charge in [-0.25, -0.2) is 4.98 Å². The van der Waals surface area contributed by atoms with E-state index in [2.05, 4.69) is 26.2 Å². The van der Waals surface area contributed by atoms with Crippen molar-refractivity contribution in [3.63, 3.8) is 0 Å². The Morgan fingerprint density at radius 1 is 1.50 bits per heavy atom. The van der Waals surface area contributed by atoms with Crippen molar-refractivity contribution >= 4 is 27.6 Å². The van der Waals surface area contributed by atoms with E-state index in [9.17, 15) is 4.79 Å². The minimum Gasteiger partial charge on any atom is -0.481 e. The van der Waals surface area contributed by atoms with E-state index in [0.29, 0.717) is 6.42 Å². The average molecular weight is 313 g/mol. The van der Waals surface area contributed by atoms with E-state index in [1.165, 1.54) is 0 Å². The first-order valence-corrected chi connectivity index (χ1v) is 6.98. The molecule has 0 radical (unpaired) electrons. The summed E-state index contributed by atoms with van der Waals surface area (Å²) in [4.78, 5) is 15.3. The molecule has 2 unspecified atom stereocenters. The Hall–Kier alpha value is -1.10. The molecular weight excluding hydrogens is 296 g/mol. The number of aromatic nitrogens is 1. The van der Waals surface area contributed by atoms with Gasteiger partial charge in [-0.1, -0.05) is 6.42 Å². The lowest BCUT2D eigenvalue weighted by atomic mass is 9.85. The van der Waals surface area contributed by atoms with E-state index in [-0.39, 0.29) is 12.0 Å². The molecule has 0 amide bonds. The highest BCUT2D eigenvalue weighted by Crippen LogP contribution is 2.28. The van der Waals surface area contributed by atoms with Gasteiger partial charge >= 0.3 is 5.97 Å². The Kier molecular flexibility index (Phi) is 4.22. The molecule has 5 heteroatoms. The van der Waals surface area contributed by atoms with Crippen LogP contribution < -0.4 is 5.32 Å². The highest BCUT2D eigenvalue weighted by molar-refractivity contribution is 9.10. The van der Waals surface area contributed by atoms with Crippen molar-refractivity contribution in [3.05, 3.63) is 22.4 Å². The molecule has 2 atom stereocenters. The molecule has 98 valence electrons. The van der Waals surface area contributed by atoms with Gasteiger partial charge < -0.3 is 10.4 Å². The zero-order chi connectivity index (χ0) is 13.1. The average Bonchev–Trinajstić information content (AvgIpc) is 2.33. The second-order valence-electron chi connectivity index (χ2n) is 4.81. The Morgan fingerprint density at radius 2 is 2.28 bits per heavy atom. The van der Waals surface area contributed by atoms with Gasteiger partial charge in [0.25, 0.3) is 0 Å². The summed E-state index contributed by atoms with van der Waals surface area (Å²) < 4.78 is 0.817. The van der Waals surface area contributed by atoms with E-state index in [1.54, 1.807) is 0 Å². The topological polar surface area (TPSA) is 62.2 Å². The maximum Gasteiger partial charge on any atom is 0.306 e. The zero-order valence-corrected chi connectivity index (χ0v) is 11.9. The Labute approximate surface area is 115 Å². The van der Waals surface area contributed by atoms with Crippen LogP contribution in [-0.2, 0) is 4.79 Å². The number of anilines is 1. The normalized spacial score (nSPS) is 23.7. The molecule has 2 N–H and O–H groups in total. The number of hydrogen-bond donors (Lipinski definition) is 2. The fourth-order valence-electron chi connectivity index (χ4n) is 2.45. The molecule has 0 bridgehead atoms. The van der Waals surface area contributed by atoms with Crippen LogP contribution in [0.5, 0.6) is 0 Å². The number of halogens is 1. The molecule has 0 saturated heterocycles. The molecule has 18 heavy (non-hydrogen) atoms. The molecule has 1 aromatic heterocycles. The summed E-state index contributed by atoms with van der Waals surface area (Å²) in [5.74, 6) is -0.882. The highest BCUT2D eigenvalue weighted by Gasteiger charge is 2.27. The van der Waals surface area contributed by atoms with Gasteiger partial charge in [0.2, 0.25) is 0 Å². The van der Waals surface area contributed by atoms with Gasteiger partial charge in [-0.05, 0) is 54.2 Å². The van der Waals surface area contributed by atoms with Crippen molar-refractivity contribution < 1.29 is 9.90 Å². The molecular formula is C13H17BrN2O2. The smallest absolute Gasteiger partial charge is 0.306 e. The molecule has 1 heterocycles. The van der Waals surface area contributed by atoms with Gasteiger partial charge in [-0.3, -0.25) is 4.79 Å². The van der Waals surface area contributed by atoms with Crippen LogP contribution in [0.15, 0.2) is 16.7 Å². The van der Waals surface area contributed by atoms with Crippen LogP contribution in [0.4, 0.5) is 5.69 Å². The van der Waals surface area contributed by atoms with Crippen molar-refractivity contribution in [1.82, 2.24) is 4.98 Å². The SMILES string of the molecule is Cc1nc(Br)ccc1NC1CCCC(C(=O)O)C1. The van der Waals surface area contributed by atoms with Gasteiger partial charge in [0, 0.05) is 6.04 Å². The second-order valence-corrected chi connectivity index (χ2v) is 5.62. The first-order chi connectivity index (χ1) is 8.56. The van der Waals surface area contributed by atoms with E-state index in [4.69, 9.17) is 5.11 Å². The number of aryl methyl sites for hydroxylation is 1. The molecule has 1 fully saturated rings. The molecule has 0 spiro atoms. The fraction of sp³-hybridized carbons (Fsp3) is 0.538. The van der Waals surface area contributed by atoms with Crippen LogP contribution in [0, 0.1) is 12.8 Å². The number of hydrogen-bond acceptors (Lipinski definition) is 3. The number of carboxylic acids is 1. The van der Waals surface area contributed by atoms with E-state index >= 15 is 0 Å². The predicted molar refractivity (Wildman–Crippen MR) is 73.7 cm³/mol. The largest absolute Gasteiger partial charge is 0.481 e. The zero-order valence-electron chi connectivity index (χ0n) is 10.3. The second kappa shape index (κ2) is 5.69. The minimum atomic E-state index is -0.674. The number of rotatable bonds is 3. The van der Waals surface area contributed by atoms with Crippen LogP contribution in [-0.4, -0.2) is 22.1 Å². The molecule has 1 aliphatic rings. The van der Waals surface area contributed by atoms with Crippen molar-refractivity contribution in [1.29, 1.82) is 0 Å². The summed E-state index contributed by atoms with van der Waals surface area (Å²) in [5.41, 5.74) is 1.93. The molecule has 1 aromatic rings. The van der Waals surface area contributed by atoms with Gasteiger partial charge in [0.1, 0.15) is 4.60 Å². The highest BCUT2D eigenvalue weighted by atomic mass is 79.9. The standard InChI is InChI=1S/C13H17BrN2O2/c1-8-11(5-6-12(14)15-8)16-10-4-2-3-9(7-10)13(17)18/h5-6,9-10,16H,2-4,7H2,1H3,(H,17,18). The summed E-state index contributed by atoms with van der Waals surface area (Å²) in [6.07, 6.45) is 3.49. The Bertz CT molecular complexity index is 451. The number of carbonyl (C=O) groups is 1. The molecule has 4 nitrogen and oxygen atoms in total. The third-order valence-electron chi connectivity index (χ3n) is 3.43. The van der Waals surface area contributed by atoms with Gasteiger partial charge in [0.05, 0.1) is 17.3 Å². The van der Waals surface area contributed by atoms with Crippen molar-refractivity contribution in [2.24, 2.45) is 5.92 Å². The van der Waals surface area contributed by atoms with E-state index in [1.807, 2.05) is 19.1 Å². The number of nitrogens with zero attached hydrogens (tertiary/aromatic N) is 1. The maximum atomic E-state index is 11.0. The lowest BCUT2D eigenvalue weighted by molar-refractivity contribution is -0.142. The first kappa shape index (κ1) is 13.3. The monoisotopic (exact) mass is 312 g/mol. The molecule has 0 aromatic carbocycles. The number of pyridine rings is 1. The van der Waals surface area contributed by atoms with Crippen molar-refractivity contribution in [3.8, 4) is 0 Å². The van der Waals surface area contributed by atoms with E-state index < -0.39 is 5.97 Å². The number of carboxylic acid groups (broad SMARTS) is 1. The molecule has 0 aliphatic heterocycles. The Balaban J connectivity index is 2.02. The summed E-state index contributed by atoms with van der Waals surface area (Å²) in [6.45, 7) is 1.95. The molecule has 1 saturated carbocycles. The summed E-state index contributed by atoms with van der Waals surface area (Å²) >= 11 is 3.33. The lowest BCUT2D eigenvalue weighted by Gasteiger charge is -2.28. The third-order valence-corrected chi connectivity index (χ3v) is 3.88. The lowest BCUT2D eigenvalue weighted by Crippen LogP contribution is -2.31. The maximum absolute atomic E-state index is 11.0.